The van der Waals surface area contributed by atoms with Gasteiger partial charge in [-0.1, -0.05) is 24.3 Å². The first kappa shape index (κ1) is 16.5. The van der Waals surface area contributed by atoms with Crippen molar-refractivity contribution in [2.45, 2.75) is 23.7 Å². The van der Waals surface area contributed by atoms with Crippen molar-refractivity contribution in [3.05, 3.63) is 65.6 Å². The molecule has 2 heterocycles. The second-order valence-corrected chi connectivity index (χ2v) is 7.35. The highest BCUT2D eigenvalue weighted by Gasteiger charge is 2.39. The summed E-state index contributed by atoms with van der Waals surface area (Å²) >= 11 is 0. The molecule has 3 rings (SSSR count). The Morgan fingerprint density at radius 1 is 1.08 bits per heavy atom. The summed E-state index contributed by atoms with van der Waals surface area (Å²) in [5.74, 6) is -0.781. The quantitative estimate of drug-likeness (QED) is 0.722. The van der Waals surface area contributed by atoms with Crippen LogP contribution in [0.4, 0.5) is 13.2 Å². The molecule has 126 valence electrons. The van der Waals surface area contributed by atoms with Crippen molar-refractivity contribution in [3.63, 3.8) is 0 Å². The first-order valence-electron chi connectivity index (χ1n) is 7.02. The molecule has 2 aromatic heterocycles. The number of sulfone groups is 1. The SMILES string of the molecule is Cc1cccn2c(CS(=O)(=O)c3ccccc3)c(C(F)(F)F)nc12. The Hall–Kier alpha value is -2.35. The molecule has 0 N–H and O–H groups in total. The van der Waals surface area contributed by atoms with E-state index < -0.39 is 27.5 Å². The molecule has 0 fully saturated rings. The molecule has 8 heteroatoms. The Kier molecular flexibility index (Phi) is 3.87. The van der Waals surface area contributed by atoms with Gasteiger partial charge in [-0.15, -0.1) is 0 Å². The molecule has 0 aliphatic heterocycles. The lowest BCUT2D eigenvalue weighted by Gasteiger charge is -2.09. The molecular weight excluding hydrogens is 341 g/mol. The van der Waals surface area contributed by atoms with Crippen LogP contribution in [0.3, 0.4) is 0 Å². The lowest BCUT2D eigenvalue weighted by atomic mass is 10.3. The Morgan fingerprint density at radius 3 is 2.38 bits per heavy atom. The van der Waals surface area contributed by atoms with Crippen LogP contribution >= 0.6 is 0 Å². The maximum atomic E-state index is 13.3. The van der Waals surface area contributed by atoms with Gasteiger partial charge in [0.1, 0.15) is 5.65 Å². The standard InChI is InChI=1S/C16H13F3N2O2S/c1-11-6-5-9-21-13(14(16(17,18)19)20-15(11)21)10-24(22,23)12-7-3-2-4-8-12/h2-9H,10H2,1H3. The van der Waals surface area contributed by atoms with E-state index >= 15 is 0 Å². The fourth-order valence-electron chi connectivity index (χ4n) is 2.51. The van der Waals surface area contributed by atoms with Gasteiger partial charge < -0.3 is 4.40 Å². The highest BCUT2D eigenvalue weighted by atomic mass is 32.2. The number of hydrogen-bond acceptors (Lipinski definition) is 3. The molecule has 0 spiro atoms. The summed E-state index contributed by atoms with van der Waals surface area (Å²) in [6.45, 7) is 1.62. The molecule has 0 saturated carbocycles. The maximum absolute atomic E-state index is 13.3. The molecule has 0 radical (unpaired) electrons. The first-order chi connectivity index (χ1) is 11.2. The summed E-state index contributed by atoms with van der Waals surface area (Å²) in [5, 5.41) is 0. The minimum Gasteiger partial charge on any atom is -0.302 e. The fourth-order valence-corrected chi connectivity index (χ4v) is 3.88. The van der Waals surface area contributed by atoms with Crippen LogP contribution in [-0.2, 0) is 21.8 Å². The van der Waals surface area contributed by atoms with E-state index in [0.717, 1.165) is 0 Å². The molecule has 0 bridgehead atoms. The van der Waals surface area contributed by atoms with Crippen LogP contribution in [0.15, 0.2) is 53.6 Å². The Balaban J connectivity index is 2.20. The number of halogens is 3. The number of pyridine rings is 1. The molecular formula is C16H13F3N2O2S. The van der Waals surface area contributed by atoms with Crippen molar-refractivity contribution in [2.24, 2.45) is 0 Å². The smallest absolute Gasteiger partial charge is 0.302 e. The van der Waals surface area contributed by atoms with Crippen molar-refractivity contribution < 1.29 is 21.6 Å². The Labute approximate surface area is 136 Å². The predicted molar refractivity (Wildman–Crippen MR) is 82.3 cm³/mol. The normalized spacial score (nSPS) is 12.7. The van der Waals surface area contributed by atoms with E-state index in [1.807, 2.05) is 0 Å². The van der Waals surface area contributed by atoms with Crippen LogP contribution in [0.5, 0.6) is 0 Å². The number of benzene rings is 1. The third-order valence-corrected chi connectivity index (χ3v) is 5.29. The zero-order valence-corrected chi connectivity index (χ0v) is 13.4. The van der Waals surface area contributed by atoms with Crippen molar-refractivity contribution in [3.8, 4) is 0 Å². The molecule has 24 heavy (non-hydrogen) atoms. The van der Waals surface area contributed by atoms with Crippen LogP contribution in [-0.4, -0.2) is 17.8 Å². The number of rotatable bonds is 3. The number of fused-ring (bicyclic) bond motifs is 1. The minimum absolute atomic E-state index is 0.0271. The van der Waals surface area contributed by atoms with Gasteiger partial charge >= 0.3 is 6.18 Å². The van der Waals surface area contributed by atoms with E-state index in [0.29, 0.717) is 5.56 Å². The van der Waals surface area contributed by atoms with E-state index in [9.17, 15) is 21.6 Å². The number of imidazole rings is 1. The molecule has 0 saturated heterocycles. The van der Waals surface area contributed by atoms with Crippen molar-refractivity contribution in [1.29, 1.82) is 0 Å². The zero-order valence-electron chi connectivity index (χ0n) is 12.6. The van der Waals surface area contributed by atoms with Crippen LogP contribution in [0, 0.1) is 6.92 Å². The molecule has 0 aliphatic rings. The van der Waals surface area contributed by atoms with Gasteiger partial charge in [0.2, 0.25) is 0 Å². The molecule has 1 aromatic carbocycles. The lowest BCUT2D eigenvalue weighted by molar-refractivity contribution is -0.141. The molecule has 4 nitrogen and oxygen atoms in total. The largest absolute Gasteiger partial charge is 0.435 e. The molecule has 3 aromatic rings. The number of alkyl halides is 3. The Morgan fingerprint density at radius 2 is 1.75 bits per heavy atom. The number of nitrogens with zero attached hydrogens (tertiary/aromatic N) is 2. The van der Waals surface area contributed by atoms with Gasteiger partial charge in [-0.3, -0.25) is 0 Å². The molecule has 0 amide bonds. The molecule has 0 aliphatic carbocycles. The van der Waals surface area contributed by atoms with Gasteiger partial charge in [0.05, 0.1) is 16.3 Å². The van der Waals surface area contributed by atoms with Gasteiger partial charge in [-0.2, -0.15) is 13.2 Å². The van der Waals surface area contributed by atoms with Crippen LogP contribution in [0.2, 0.25) is 0 Å². The van der Waals surface area contributed by atoms with Gasteiger partial charge in [0, 0.05) is 6.20 Å². The predicted octanol–water partition coefficient (Wildman–Crippen LogP) is 3.64. The fraction of sp³-hybridized carbons (Fsp3) is 0.188. The van der Waals surface area contributed by atoms with Gasteiger partial charge in [0.15, 0.2) is 15.5 Å². The highest BCUT2D eigenvalue weighted by molar-refractivity contribution is 7.90. The van der Waals surface area contributed by atoms with Crippen molar-refractivity contribution in [1.82, 2.24) is 9.38 Å². The Bertz CT molecular complexity index is 993. The van der Waals surface area contributed by atoms with E-state index in [-0.39, 0.29) is 16.2 Å². The summed E-state index contributed by atoms with van der Waals surface area (Å²) in [6.07, 6.45) is -3.35. The summed E-state index contributed by atoms with van der Waals surface area (Å²) in [4.78, 5) is 3.61. The van der Waals surface area contributed by atoms with Crippen LogP contribution < -0.4 is 0 Å². The minimum atomic E-state index is -4.74. The van der Waals surface area contributed by atoms with Crippen LogP contribution in [0.1, 0.15) is 17.0 Å². The van der Waals surface area contributed by atoms with Gasteiger partial charge in [-0.25, -0.2) is 13.4 Å². The molecule has 0 unspecified atom stereocenters. The van der Waals surface area contributed by atoms with E-state index in [1.54, 1.807) is 25.1 Å². The lowest BCUT2D eigenvalue weighted by Crippen LogP contribution is -2.14. The van der Waals surface area contributed by atoms with Gasteiger partial charge in [0.25, 0.3) is 0 Å². The summed E-state index contributed by atoms with van der Waals surface area (Å²) in [5.41, 5.74) is -0.921. The maximum Gasteiger partial charge on any atom is 0.435 e. The number of aromatic nitrogens is 2. The summed E-state index contributed by atoms with van der Waals surface area (Å²) in [6, 6.07) is 10.6. The van der Waals surface area contributed by atoms with E-state index in [1.165, 1.54) is 34.9 Å². The number of hydrogen-bond donors (Lipinski definition) is 0. The van der Waals surface area contributed by atoms with Crippen LogP contribution in [0.25, 0.3) is 5.65 Å². The van der Waals surface area contributed by atoms with Crippen molar-refractivity contribution >= 4 is 15.5 Å². The third kappa shape index (κ3) is 2.89. The zero-order chi connectivity index (χ0) is 17.5. The summed E-state index contributed by atoms with van der Waals surface area (Å²) < 4.78 is 66.2. The van der Waals surface area contributed by atoms with E-state index in [2.05, 4.69) is 4.98 Å². The number of aryl methyl sites for hydroxylation is 1. The van der Waals surface area contributed by atoms with Gasteiger partial charge in [-0.05, 0) is 30.7 Å². The third-order valence-electron chi connectivity index (χ3n) is 3.64. The first-order valence-corrected chi connectivity index (χ1v) is 8.67. The highest BCUT2D eigenvalue weighted by Crippen LogP contribution is 2.34. The monoisotopic (exact) mass is 354 g/mol. The second kappa shape index (κ2) is 5.62. The summed E-state index contributed by atoms with van der Waals surface area (Å²) in [7, 11) is -3.93. The second-order valence-electron chi connectivity index (χ2n) is 5.36. The van der Waals surface area contributed by atoms with E-state index in [4.69, 9.17) is 0 Å². The van der Waals surface area contributed by atoms with Crippen molar-refractivity contribution in [2.75, 3.05) is 0 Å². The average Bonchev–Trinajstić information content (AvgIpc) is 2.88. The topological polar surface area (TPSA) is 51.4 Å². The average molecular weight is 354 g/mol. The molecule has 0 atom stereocenters.